The number of aliphatic hydroxyl groups excluding tert-OH is 2. The zero-order chi connectivity index (χ0) is 14.2. The van der Waals surface area contributed by atoms with Crippen LogP contribution in [0.2, 0.25) is 0 Å². The van der Waals surface area contributed by atoms with Gasteiger partial charge in [-0.1, -0.05) is 0 Å². The third kappa shape index (κ3) is 2.53. The number of nitrogens with zero attached hydrogens (tertiary/aromatic N) is 1. The molecule has 1 saturated heterocycles. The van der Waals surface area contributed by atoms with Gasteiger partial charge in [0.15, 0.2) is 0 Å². The molecule has 1 fully saturated rings. The Morgan fingerprint density at radius 2 is 2.05 bits per heavy atom. The number of rotatable bonds is 3. The lowest BCUT2D eigenvalue weighted by atomic mass is 10.3. The minimum atomic E-state index is -0.778. The van der Waals surface area contributed by atoms with E-state index in [9.17, 15) is 15.0 Å². The molecule has 2 unspecified atom stereocenters. The van der Waals surface area contributed by atoms with Crippen LogP contribution in [-0.2, 0) is 4.74 Å². The van der Waals surface area contributed by atoms with E-state index in [1.807, 2.05) is 11.2 Å². The van der Waals surface area contributed by atoms with Gasteiger partial charge in [-0.3, -0.25) is 0 Å². The number of thioether (sulfide) groups is 1. The Bertz CT molecular complexity index is 481. The van der Waals surface area contributed by atoms with E-state index in [-0.39, 0.29) is 0 Å². The smallest absolute Gasteiger partial charge is 0.350 e. The standard InChI is InChI=1S/C11H16N2O4S2/c1-17-11(16)9-7(12)8(18-2)10(19-9)13-3-5(14)6(15)4-13/h5-6,14-15H,3-4,12H2,1-2H3. The highest BCUT2D eigenvalue weighted by Gasteiger charge is 2.33. The highest BCUT2D eigenvalue weighted by Crippen LogP contribution is 2.44. The summed E-state index contributed by atoms with van der Waals surface area (Å²) in [6.45, 7) is 0.657. The van der Waals surface area contributed by atoms with Crippen molar-refractivity contribution >= 4 is 39.8 Å². The Hall–Kier alpha value is -0.960. The first-order valence-electron chi connectivity index (χ1n) is 5.65. The molecule has 0 saturated carbocycles. The third-order valence-electron chi connectivity index (χ3n) is 3.00. The SMILES string of the molecule is COC(=O)c1sc(N2CC(O)C(O)C2)c(SC)c1N. The van der Waals surface area contributed by atoms with Gasteiger partial charge in [0.05, 0.1) is 29.9 Å². The molecular formula is C11H16N2O4S2. The lowest BCUT2D eigenvalue weighted by molar-refractivity contribution is 0.0572. The molecule has 2 rings (SSSR count). The normalized spacial score (nSPS) is 22.8. The summed E-state index contributed by atoms with van der Waals surface area (Å²) < 4.78 is 4.70. The Morgan fingerprint density at radius 3 is 2.53 bits per heavy atom. The number of aliphatic hydroxyl groups is 2. The molecule has 0 bridgehead atoms. The summed E-state index contributed by atoms with van der Waals surface area (Å²) in [7, 11) is 1.31. The maximum absolute atomic E-state index is 11.6. The fourth-order valence-corrected chi connectivity index (χ4v) is 4.12. The summed E-state index contributed by atoms with van der Waals surface area (Å²) in [5.74, 6) is -0.468. The van der Waals surface area contributed by atoms with Crippen LogP contribution in [0.15, 0.2) is 4.90 Å². The number of thiophene rings is 1. The van der Waals surface area contributed by atoms with Crippen molar-refractivity contribution in [2.45, 2.75) is 17.1 Å². The molecule has 1 aromatic rings. The van der Waals surface area contributed by atoms with Gasteiger partial charge in [-0.25, -0.2) is 4.79 Å². The van der Waals surface area contributed by atoms with Crippen LogP contribution in [0, 0.1) is 0 Å². The van der Waals surface area contributed by atoms with Crippen LogP contribution in [0.3, 0.4) is 0 Å². The van der Waals surface area contributed by atoms with E-state index in [1.54, 1.807) is 0 Å². The number of hydrogen-bond donors (Lipinski definition) is 3. The first-order valence-corrected chi connectivity index (χ1v) is 7.69. The quantitative estimate of drug-likeness (QED) is 0.549. The number of anilines is 2. The van der Waals surface area contributed by atoms with Crippen LogP contribution in [-0.4, -0.2) is 54.8 Å². The summed E-state index contributed by atoms with van der Waals surface area (Å²) in [5, 5.41) is 20.0. The van der Waals surface area contributed by atoms with Gasteiger partial charge in [0.1, 0.15) is 9.88 Å². The van der Waals surface area contributed by atoms with Crippen LogP contribution in [0.4, 0.5) is 10.7 Å². The van der Waals surface area contributed by atoms with E-state index >= 15 is 0 Å². The number of hydrogen-bond acceptors (Lipinski definition) is 8. The second kappa shape index (κ2) is 5.58. The highest BCUT2D eigenvalue weighted by atomic mass is 32.2. The first-order chi connectivity index (χ1) is 8.99. The van der Waals surface area contributed by atoms with Crippen molar-refractivity contribution in [3.63, 3.8) is 0 Å². The molecule has 4 N–H and O–H groups in total. The summed E-state index contributed by atoms with van der Waals surface area (Å²) in [6, 6.07) is 0. The molecule has 2 heterocycles. The Morgan fingerprint density at radius 1 is 1.47 bits per heavy atom. The molecule has 0 aliphatic carbocycles. The second-order valence-electron chi connectivity index (χ2n) is 4.21. The number of methoxy groups -OCH3 is 1. The number of ether oxygens (including phenoxy) is 1. The van der Waals surface area contributed by atoms with Gasteiger partial charge in [-0.2, -0.15) is 0 Å². The molecule has 2 atom stereocenters. The molecule has 0 aromatic carbocycles. The Labute approximate surface area is 119 Å². The van der Waals surface area contributed by atoms with Crippen molar-refractivity contribution in [2.75, 3.05) is 37.1 Å². The fourth-order valence-electron chi connectivity index (χ4n) is 2.00. The molecule has 1 aromatic heterocycles. The van der Waals surface area contributed by atoms with E-state index < -0.39 is 18.2 Å². The van der Waals surface area contributed by atoms with E-state index in [4.69, 9.17) is 10.5 Å². The molecule has 1 aliphatic rings. The molecule has 0 amide bonds. The average molecular weight is 304 g/mol. The molecule has 1 aliphatic heterocycles. The van der Waals surface area contributed by atoms with Crippen LogP contribution in [0.1, 0.15) is 9.67 Å². The topological polar surface area (TPSA) is 96.0 Å². The van der Waals surface area contributed by atoms with Crippen molar-refractivity contribution in [3.05, 3.63) is 4.88 Å². The van der Waals surface area contributed by atoms with Crippen molar-refractivity contribution in [3.8, 4) is 0 Å². The third-order valence-corrected chi connectivity index (χ3v) is 5.20. The number of carbonyl (C=O) groups excluding carboxylic acids is 1. The zero-order valence-corrected chi connectivity index (χ0v) is 12.3. The van der Waals surface area contributed by atoms with Crippen molar-refractivity contribution in [2.24, 2.45) is 0 Å². The van der Waals surface area contributed by atoms with Gasteiger partial charge in [-0.05, 0) is 6.26 Å². The number of nitrogen functional groups attached to an aromatic ring is 1. The van der Waals surface area contributed by atoms with Crippen molar-refractivity contribution in [1.29, 1.82) is 0 Å². The van der Waals surface area contributed by atoms with E-state index in [1.165, 1.54) is 30.2 Å². The Kier molecular flexibility index (Phi) is 4.24. The van der Waals surface area contributed by atoms with Crippen LogP contribution in [0.5, 0.6) is 0 Å². The summed E-state index contributed by atoms with van der Waals surface area (Å²) in [6.07, 6.45) is 0.311. The van der Waals surface area contributed by atoms with Gasteiger partial charge in [-0.15, -0.1) is 23.1 Å². The number of esters is 1. The lowest BCUT2D eigenvalue weighted by Gasteiger charge is -2.16. The minimum Gasteiger partial charge on any atom is -0.465 e. The minimum absolute atomic E-state index is 0.329. The van der Waals surface area contributed by atoms with E-state index in [0.717, 1.165) is 9.90 Å². The highest BCUT2D eigenvalue weighted by molar-refractivity contribution is 7.99. The lowest BCUT2D eigenvalue weighted by Crippen LogP contribution is -2.22. The summed E-state index contributed by atoms with van der Waals surface area (Å²) in [5.41, 5.74) is 6.36. The monoisotopic (exact) mass is 304 g/mol. The maximum Gasteiger partial charge on any atom is 0.350 e. The van der Waals surface area contributed by atoms with Gasteiger partial charge in [0.25, 0.3) is 0 Å². The van der Waals surface area contributed by atoms with Crippen LogP contribution < -0.4 is 10.6 Å². The van der Waals surface area contributed by atoms with Gasteiger partial charge >= 0.3 is 5.97 Å². The first kappa shape index (κ1) is 14.4. The van der Waals surface area contributed by atoms with Gasteiger partial charge in [0, 0.05) is 13.1 Å². The number of β-amino-alcohol motifs (C(OH)–C–C–N with tert-alkyl or cyclic N) is 2. The second-order valence-corrected chi connectivity index (χ2v) is 6.03. The van der Waals surface area contributed by atoms with Gasteiger partial charge in [0.2, 0.25) is 0 Å². The molecule has 0 spiro atoms. The zero-order valence-electron chi connectivity index (χ0n) is 10.6. The van der Waals surface area contributed by atoms with Crippen LogP contribution >= 0.6 is 23.1 Å². The predicted molar refractivity (Wildman–Crippen MR) is 76.1 cm³/mol. The van der Waals surface area contributed by atoms with Gasteiger partial charge < -0.3 is 25.6 Å². The molecule has 6 nitrogen and oxygen atoms in total. The molecular weight excluding hydrogens is 288 g/mol. The van der Waals surface area contributed by atoms with Crippen molar-refractivity contribution < 1.29 is 19.7 Å². The number of carbonyl (C=O) groups is 1. The summed E-state index contributed by atoms with van der Waals surface area (Å²) in [4.78, 5) is 14.6. The Balaban J connectivity index is 2.38. The molecule has 19 heavy (non-hydrogen) atoms. The molecule has 0 radical (unpaired) electrons. The predicted octanol–water partition coefficient (Wildman–Crippen LogP) is 0.381. The molecule has 8 heteroatoms. The number of nitrogens with two attached hydrogens (primary N) is 1. The summed E-state index contributed by atoms with van der Waals surface area (Å²) >= 11 is 2.66. The van der Waals surface area contributed by atoms with E-state index in [2.05, 4.69) is 0 Å². The maximum atomic E-state index is 11.6. The molecule has 106 valence electrons. The van der Waals surface area contributed by atoms with E-state index in [0.29, 0.717) is 23.7 Å². The fraction of sp³-hybridized carbons (Fsp3) is 0.545. The van der Waals surface area contributed by atoms with Crippen LogP contribution in [0.25, 0.3) is 0 Å². The largest absolute Gasteiger partial charge is 0.465 e. The average Bonchev–Trinajstić information content (AvgIpc) is 2.89. The van der Waals surface area contributed by atoms with Crippen molar-refractivity contribution in [1.82, 2.24) is 0 Å².